The molecule has 0 aromatic carbocycles. The zero-order valence-corrected chi connectivity index (χ0v) is 11.2. The molecular weight excluding hydrogens is 286 g/mol. The first-order chi connectivity index (χ1) is 9.58. The molecule has 1 aromatic rings. The number of thioether (sulfide) groups is 1. The van der Waals surface area contributed by atoms with Gasteiger partial charge in [-0.2, -0.15) is 0 Å². The largest absolute Gasteiger partial charge is 0.480 e. The highest BCUT2D eigenvalue weighted by atomic mass is 32.2. The number of amides is 1. The average Bonchev–Trinajstić information content (AvgIpc) is 3.00. The number of methoxy groups -OCH3 is 1. The summed E-state index contributed by atoms with van der Waals surface area (Å²) in [6, 6.07) is 0. The van der Waals surface area contributed by atoms with Crippen molar-refractivity contribution in [2.24, 2.45) is 5.92 Å². The number of ether oxygens (including phenoxy) is 1. The van der Waals surface area contributed by atoms with Crippen molar-refractivity contribution < 1.29 is 24.5 Å². The van der Waals surface area contributed by atoms with Crippen LogP contribution in [0.15, 0.2) is 18.2 Å². The van der Waals surface area contributed by atoms with Crippen LogP contribution >= 0.6 is 11.8 Å². The fourth-order valence-corrected chi connectivity index (χ4v) is 3.67. The molecule has 106 valence electrons. The maximum Gasteiger partial charge on any atom is 0.355 e. The topological polar surface area (TPSA) is 105 Å². The Labute approximate surface area is 117 Å². The molecule has 2 N–H and O–H groups in total. The summed E-state index contributed by atoms with van der Waals surface area (Å²) in [5.74, 6) is -1.77. The van der Waals surface area contributed by atoms with Gasteiger partial charge in [-0.3, -0.25) is 14.3 Å². The van der Waals surface area contributed by atoms with Crippen molar-refractivity contribution in [1.29, 1.82) is 0 Å². The number of carboxylic acid groups (broad SMARTS) is 1. The first-order valence-electron chi connectivity index (χ1n) is 5.75. The van der Waals surface area contributed by atoms with Gasteiger partial charge in [-0.25, -0.2) is 9.78 Å². The third-order valence-electron chi connectivity index (χ3n) is 3.23. The Morgan fingerprint density at radius 1 is 1.60 bits per heavy atom. The number of rotatable bonds is 4. The Bertz CT molecular complexity index is 625. The predicted octanol–water partition coefficient (Wildman–Crippen LogP) is -0.374. The van der Waals surface area contributed by atoms with Gasteiger partial charge in [0.15, 0.2) is 5.70 Å². The molecule has 20 heavy (non-hydrogen) atoms. The van der Waals surface area contributed by atoms with Crippen molar-refractivity contribution in [3.8, 4) is 5.88 Å². The second-order valence-corrected chi connectivity index (χ2v) is 5.39. The number of aromatic nitrogens is 2. The SMILES string of the molecule is COc1cn(C2=C(C(=O)O)N3C(=O)[C@H](CO)[C@H]3S2)cn1. The Morgan fingerprint density at radius 3 is 2.90 bits per heavy atom. The first-order valence-corrected chi connectivity index (χ1v) is 6.63. The van der Waals surface area contributed by atoms with Crippen LogP contribution in [0.2, 0.25) is 0 Å². The number of aliphatic hydroxyl groups is 1. The Hall–Kier alpha value is -2.00. The maximum atomic E-state index is 11.8. The van der Waals surface area contributed by atoms with Crippen molar-refractivity contribution >= 4 is 28.7 Å². The molecule has 0 saturated carbocycles. The maximum absolute atomic E-state index is 11.8. The van der Waals surface area contributed by atoms with E-state index < -0.39 is 11.9 Å². The highest BCUT2D eigenvalue weighted by Crippen LogP contribution is 2.50. The predicted molar refractivity (Wildman–Crippen MR) is 68.4 cm³/mol. The number of aliphatic carboxylic acids is 1. The summed E-state index contributed by atoms with van der Waals surface area (Å²) < 4.78 is 6.46. The second-order valence-electron chi connectivity index (χ2n) is 4.29. The minimum absolute atomic E-state index is 0.0882. The summed E-state index contributed by atoms with van der Waals surface area (Å²) in [6.45, 7) is -0.291. The molecule has 0 unspecified atom stereocenters. The summed E-state index contributed by atoms with van der Waals surface area (Å²) >= 11 is 1.22. The van der Waals surface area contributed by atoms with Gasteiger partial charge >= 0.3 is 5.97 Å². The van der Waals surface area contributed by atoms with Crippen molar-refractivity contribution in [2.75, 3.05) is 13.7 Å². The van der Waals surface area contributed by atoms with E-state index in [0.29, 0.717) is 10.9 Å². The van der Waals surface area contributed by atoms with Gasteiger partial charge in [-0.15, -0.1) is 0 Å². The van der Waals surface area contributed by atoms with Crippen molar-refractivity contribution in [3.63, 3.8) is 0 Å². The minimum Gasteiger partial charge on any atom is -0.480 e. The molecule has 0 bridgehead atoms. The molecule has 3 rings (SSSR count). The van der Waals surface area contributed by atoms with Gasteiger partial charge in [0.2, 0.25) is 11.8 Å². The Kier molecular flexibility index (Phi) is 2.94. The third kappa shape index (κ3) is 1.63. The van der Waals surface area contributed by atoms with Crippen LogP contribution in [0, 0.1) is 5.92 Å². The highest BCUT2D eigenvalue weighted by Gasteiger charge is 2.56. The highest BCUT2D eigenvalue weighted by molar-refractivity contribution is 8.08. The van der Waals surface area contributed by atoms with Gasteiger partial charge in [-0.1, -0.05) is 11.8 Å². The number of carboxylic acids is 1. The average molecular weight is 297 g/mol. The monoisotopic (exact) mass is 297 g/mol. The lowest BCUT2D eigenvalue weighted by Crippen LogP contribution is -2.58. The van der Waals surface area contributed by atoms with E-state index in [4.69, 9.17) is 9.84 Å². The van der Waals surface area contributed by atoms with Crippen molar-refractivity contribution in [2.45, 2.75) is 5.37 Å². The molecule has 1 aromatic heterocycles. The smallest absolute Gasteiger partial charge is 0.355 e. The van der Waals surface area contributed by atoms with E-state index >= 15 is 0 Å². The molecule has 3 heterocycles. The summed E-state index contributed by atoms with van der Waals surface area (Å²) in [7, 11) is 1.46. The lowest BCUT2D eigenvalue weighted by Gasteiger charge is -2.40. The van der Waals surface area contributed by atoms with Crippen LogP contribution in [0.3, 0.4) is 0 Å². The molecular formula is C11H11N3O5S. The van der Waals surface area contributed by atoms with E-state index in [-0.39, 0.29) is 23.6 Å². The number of nitrogens with zero attached hydrogens (tertiary/aromatic N) is 3. The summed E-state index contributed by atoms with van der Waals surface area (Å²) in [4.78, 5) is 28.4. The van der Waals surface area contributed by atoms with Gasteiger partial charge in [-0.05, 0) is 0 Å². The molecule has 9 heteroatoms. The van der Waals surface area contributed by atoms with Gasteiger partial charge in [0, 0.05) is 0 Å². The fourth-order valence-electron chi connectivity index (χ4n) is 2.24. The van der Waals surface area contributed by atoms with Crippen molar-refractivity contribution in [3.05, 3.63) is 18.2 Å². The number of carbonyl (C=O) groups excluding carboxylic acids is 1. The van der Waals surface area contributed by atoms with Crippen LogP contribution in [0.4, 0.5) is 0 Å². The Balaban J connectivity index is 2.01. The van der Waals surface area contributed by atoms with Gasteiger partial charge < -0.3 is 14.9 Å². The molecule has 1 fully saturated rings. The summed E-state index contributed by atoms with van der Waals surface area (Å²) in [5, 5.41) is 18.5. The minimum atomic E-state index is -1.19. The van der Waals surface area contributed by atoms with Crippen LogP contribution in [-0.2, 0) is 9.59 Å². The number of fused-ring (bicyclic) bond motifs is 1. The first kappa shape index (κ1) is 13.0. The van der Waals surface area contributed by atoms with Crippen LogP contribution in [-0.4, -0.2) is 55.6 Å². The number of β-lactam (4-membered cyclic amide) rings is 1. The normalized spacial score (nSPS) is 24.7. The van der Waals surface area contributed by atoms with E-state index in [1.54, 1.807) is 0 Å². The molecule has 2 aliphatic rings. The molecule has 2 aliphatic heterocycles. The van der Waals surface area contributed by atoms with Crippen LogP contribution < -0.4 is 4.74 Å². The van der Waals surface area contributed by atoms with Gasteiger partial charge in [0.1, 0.15) is 16.7 Å². The van der Waals surface area contributed by atoms with Crippen LogP contribution in [0.1, 0.15) is 0 Å². The van der Waals surface area contributed by atoms with E-state index in [1.165, 1.54) is 40.9 Å². The number of carbonyl (C=O) groups is 2. The Morgan fingerprint density at radius 2 is 2.35 bits per heavy atom. The van der Waals surface area contributed by atoms with E-state index in [1.807, 2.05) is 0 Å². The molecule has 0 radical (unpaired) electrons. The summed E-state index contributed by atoms with van der Waals surface area (Å²) in [5.41, 5.74) is -0.0882. The number of aliphatic hydroxyl groups excluding tert-OH is 1. The van der Waals surface area contributed by atoms with Crippen LogP contribution in [0.25, 0.3) is 5.03 Å². The number of hydrogen-bond donors (Lipinski definition) is 2. The van der Waals surface area contributed by atoms with Crippen LogP contribution in [0.5, 0.6) is 5.88 Å². The molecule has 1 amide bonds. The lowest BCUT2D eigenvalue weighted by molar-refractivity contribution is -0.153. The number of imidazole rings is 1. The fraction of sp³-hybridized carbons (Fsp3) is 0.364. The summed E-state index contributed by atoms with van der Waals surface area (Å²) in [6.07, 6.45) is 2.96. The van der Waals surface area contributed by atoms with Gasteiger partial charge in [0.25, 0.3) is 0 Å². The molecule has 2 atom stereocenters. The van der Waals surface area contributed by atoms with E-state index in [2.05, 4.69) is 4.98 Å². The lowest BCUT2D eigenvalue weighted by atomic mass is 9.98. The zero-order valence-electron chi connectivity index (χ0n) is 10.4. The van der Waals surface area contributed by atoms with Crippen molar-refractivity contribution in [1.82, 2.24) is 14.5 Å². The quantitative estimate of drug-likeness (QED) is 0.730. The molecule has 1 saturated heterocycles. The van der Waals surface area contributed by atoms with E-state index in [0.717, 1.165) is 0 Å². The third-order valence-corrected chi connectivity index (χ3v) is 4.64. The molecule has 0 spiro atoms. The van der Waals surface area contributed by atoms with E-state index in [9.17, 15) is 14.7 Å². The van der Waals surface area contributed by atoms with Gasteiger partial charge in [0.05, 0.1) is 25.8 Å². The molecule has 8 nitrogen and oxygen atoms in total. The standard InChI is InChI=1S/C11H11N3O5S/c1-19-6-2-13(4-12-6)10-7(11(17)18)14-8(16)5(3-15)9(14)20-10/h2,4-5,9,15H,3H2,1H3,(H,17,18)/t5-,9+/m0/s1. The molecule has 0 aliphatic carbocycles. The number of hydrogen-bond acceptors (Lipinski definition) is 6. The zero-order chi connectivity index (χ0) is 14.4. The second kappa shape index (κ2) is 4.53.